The molecule has 0 radical (unpaired) electrons. The van der Waals surface area contributed by atoms with Crippen LogP contribution in [-0.2, 0) is 9.53 Å². The van der Waals surface area contributed by atoms with Crippen molar-refractivity contribution in [1.82, 2.24) is 10.6 Å². The van der Waals surface area contributed by atoms with Crippen LogP contribution in [0.1, 0.15) is 46.5 Å². The quantitative estimate of drug-likeness (QED) is 0.530. The fourth-order valence-electron chi connectivity index (χ4n) is 1.31. The Kier molecular flexibility index (Phi) is 8.95. The Balaban J connectivity index is 3.73. The number of rotatable bonds is 10. The summed E-state index contributed by atoms with van der Waals surface area (Å²) >= 11 is 0. The number of aliphatic carboxylic acids is 1. The first-order valence-electron chi connectivity index (χ1n) is 6.83. The van der Waals surface area contributed by atoms with Crippen LogP contribution in [0.2, 0.25) is 0 Å². The van der Waals surface area contributed by atoms with Gasteiger partial charge in [-0.15, -0.1) is 0 Å². The summed E-state index contributed by atoms with van der Waals surface area (Å²) in [7, 11) is 0. The van der Waals surface area contributed by atoms with Gasteiger partial charge in [0.1, 0.15) is 5.54 Å². The molecule has 3 N–H and O–H groups in total. The highest BCUT2D eigenvalue weighted by Gasteiger charge is 2.32. The van der Waals surface area contributed by atoms with Crippen molar-refractivity contribution < 1.29 is 19.4 Å². The summed E-state index contributed by atoms with van der Waals surface area (Å²) < 4.78 is 5.35. The van der Waals surface area contributed by atoms with E-state index in [1.54, 1.807) is 6.92 Å². The zero-order chi connectivity index (χ0) is 14.7. The monoisotopic (exact) mass is 274 g/mol. The van der Waals surface area contributed by atoms with E-state index in [0.717, 1.165) is 19.4 Å². The van der Waals surface area contributed by atoms with Crippen LogP contribution in [0.4, 0.5) is 4.79 Å². The molecule has 0 saturated heterocycles. The van der Waals surface area contributed by atoms with E-state index >= 15 is 0 Å². The molecule has 0 aliphatic rings. The van der Waals surface area contributed by atoms with E-state index in [1.165, 1.54) is 6.92 Å². The highest BCUT2D eigenvalue weighted by molar-refractivity contribution is 5.85. The zero-order valence-corrected chi connectivity index (χ0v) is 12.1. The van der Waals surface area contributed by atoms with Crippen molar-refractivity contribution >= 4 is 12.0 Å². The van der Waals surface area contributed by atoms with Crippen molar-refractivity contribution in [2.45, 2.75) is 52.0 Å². The predicted molar refractivity (Wildman–Crippen MR) is 73.2 cm³/mol. The average Bonchev–Trinajstić information content (AvgIpc) is 2.37. The number of hydrogen-bond acceptors (Lipinski definition) is 3. The molecular formula is C13H26N2O4. The van der Waals surface area contributed by atoms with Gasteiger partial charge >= 0.3 is 12.0 Å². The first-order chi connectivity index (χ1) is 8.96. The van der Waals surface area contributed by atoms with E-state index in [1.807, 2.05) is 0 Å². The number of unbranched alkanes of at least 4 members (excludes halogenated alkanes) is 1. The van der Waals surface area contributed by atoms with Crippen LogP contribution in [0.25, 0.3) is 0 Å². The van der Waals surface area contributed by atoms with E-state index in [0.29, 0.717) is 26.0 Å². The number of ether oxygens (including phenoxy) is 1. The minimum atomic E-state index is -1.22. The number of amides is 2. The van der Waals surface area contributed by atoms with Crippen LogP contribution < -0.4 is 10.6 Å². The summed E-state index contributed by atoms with van der Waals surface area (Å²) in [6.45, 7) is 7.12. The molecule has 6 nitrogen and oxygen atoms in total. The van der Waals surface area contributed by atoms with E-state index in [2.05, 4.69) is 17.6 Å². The lowest BCUT2D eigenvalue weighted by Crippen LogP contribution is -2.54. The van der Waals surface area contributed by atoms with E-state index in [-0.39, 0.29) is 0 Å². The molecule has 0 bridgehead atoms. The summed E-state index contributed by atoms with van der Waals surface area (Å²) in [6.07, 6.45) is 3.19. The molecule has 6 heteroatoms. The van der Waals surface area contributed by atoms with E-state index < -0.39 is 17.5 Å². The SMILES string of the molecule is CCCCOCCCNC(=O)NC(C)(CC)C(=O)O. The molecule has 0 aromatic rings. The number of nitrogens with one attached hydrogen (secondary N) is 2. The van der Waals surface area contributed by atoms with Gasteiger partial charge in [0.05, 0.1) is 0 Å². The van der Waals surface area contributed by atoms with Gasteiger partial charge in [-0.25, -0.2) is 9.59 Å². The van der Waals surface area contributed by atoms with Gasteiger partial charge in [0.15, 0.2) is 0 Å². The molecule has 0 aliphatic carbocycles. The second kappa shape index (κ2) is 9.61. The normalized spacial score (nSPS) is 13.6. The van der Waals surface area contributed by atoms with Crippen molar-refractivity contribution in [1.29, 1.82) is 0 Å². The van der Waals surface area contributed by atoms with Gasteiger partial charge in [0.2, 0.25) is 0 Å². The lowest BCUT2D eigenvalue weighted by atomic mass is 10.00. The third kappa shape index (κ3) is 7.66. The van der Waals surface area contributed by atoms with Crippen molar-refractivity contribution in [2.75, 3.05) is 19.8 Å². The molecule has 1 unspecified atom stereocenters. The fourth-order valence-corrected chi connectivity index (χ4v) is 1.31. The highest BCUT2D eigenvalue weighted by Crippen LogP contribution is 2.08. The lowest BCUT2D eigenvalue weighted by molar-refractivity contribution is -0.143. The Morgan fingerprint density at radius 1 is 1.21 bits per heavy atom. The van der Waals surface area contributed by atoms with Crippen molar-refractivity contribution in [2.24, 2.45) is 0 Å². The van der Waals surface area contributed by atoms with Crippen LogP contribution in [-0.4, -0.2) is 42.4 Å². The molecule has 19 heavy (non-hydrogen) atoms. The molecule has 0 fully saturated rings. The molecule has 0 spiro atoms. The van der Waals surface area contributed by atoms with Gasteiger partial charge < -0.3 is 20.5 Å². The maximum Gasteiger partial charge on any atom is 0.329 e. The molecule has 1 atom stereocenters. The largest absolute Gasteiger partial charge is 0.480 e. The molecule has 2 amide bonds. The van der Waals surface area contributed by atoms with Crippen LogP contribution in [0, 0.1) is 0 Å². The topological polar surface area (TPSA) is 87.7 Å². The van der Waals surface area contributed by atoms with E-state index in [4.69, 9.17) is 9.84 Å². The maximum atomic E-state index is 11.5. The lowest BCUT2D eigenvalue weighted by Gasteiger charge is -2.24. The Morgan fingerprint density at radius 3 is 2.37 bits per heavy atom. The Hall–Kier alpha value is -1.30. The van der Waals surface area contributed by atoms with Gasteiger partial charge in [-0.1, -0.05) is 20.3 Å². The van der Waals surface area contributed by atoms with Crippen LogP contribution in [0.5, 0.6) is 0 Å². The summed E-state index contributed by atoms with van der Waals surface area (Å²) in [5.74, 6) is -1.03. The molecular weight excluding hydrogens is 248 g/mol. The third-order valence-electron chi connectivity index (χ3n) is 2.96. The Bertz CT molecular complexity index is 284. The van der Waals surface area contributed by atoms with Gasteiger partial charge in [-0.2, -0.15) is 0 Å². The molecule has 0 aliphatic heterocycles. The summed E-state index contributed by atoms with van der Waals surface area (Å²) in [4.78, 5) is 22.5. The number of carboxylic acid groups (broad SMARTS) is 1. The van der Waals surface area contributed by atoms with Crippen molar-refractivity contribution in [3.63, 3.8) is 0 Å². The molecule has 0 aromatic carbocycles. The molecule has 112 valence electrons. The van der Waals surface area contributed by atoms with Crippen LogP contribution in [0.3, 0.4) is 0 Å². The predicted octanol–water partition coefficient (Wildman–Crippen LogP) is 1.75. The molecule has 0 heterocycles. The fraction of sp³-hybridized carbons (Fsp3) is 0.846. The minimum absolute atomic E-state index is 0.329. The van der Waals surface area contributed by atoms with E-state index in [9.17, 15) is 9.59 Å². The average molecular weight is 274 g/mol. The first-order valence-corrected chi connectivity index (χ1v) is 6.83. The molecule has 0 saturated carbocycles. The van der Waals surface area contributed by atoms with Gasteiger partial charge in [-0.3, -0.25) is 0 Å². The molecule has 0 aromatic heterocycles. The number of urea groups is 1. The highest BCUT2D eigenvalue weighted by atomic mass is 16.5. The number of hydrogen-bond donors (Lipinski definition) is 3. The van der Waals surface area contributed by atoms with Crippen LogP contribution >= 0.6 is 0 Å². The zero-order valence-electron chi connectivity index (χ0n) is 12.1. The summed E-state index contributed by atoms with van der Waals surface area (Å²) in [5, 5.41) is 14.1. The number of carboxylic acids is 1. The smallest absolute Gasteiger partial charge is 0.329 e. The van der Waals surface area contributed by atoms with Gasteiger partial charge in [0, 0.05) is 19.8 Å². The third-order valence-corrected chi connectivity index (χ3v) is 2.96. The second-order valence-corrected chi connectivity index (χ2v) is 4.69. The first kappa shape index (κ1) is 17.7. The maximum absolute atomic E-state index is 11.5. The van der Waals surface area contributed by atoms with Gasteiger partial charge in [0.25, 0.3) is 0 Å². The van der Waals surface area contributed by atoms with Crippen LogP contribution in [0.15, 0.2) is 0 Å². The van der Waals surface area contributed by atoms with Crippen molar-refractivity contribution in [3.8, 4) is 0 Å². The molecule has 0 rings (SSSR count). The number of carbonyl (C=O) groups excluding carboxylic acids is 1. The standard InChI is InChI=1S/C13H26N2O4/c1-4-6-9-19-10-7-8-14-12(18)15-13(3,5-2)11(16)17/h4-10H2,1-3H3,(H,16,17)(H2,14,15,18). The summed E-state index contributed by atoms with van der Waals surface area (Å²) in [6, 6.07) is -0.458. The Labute approximate surface area is 114 Å². The number of carbonyl (C=O) groups is 2. The summed E-state index contributed by atoms with van der Waals surface area (Å²) in [5.41, 5.74) is -1.22. The minimum Gasteiger partial charge on any atom is -0.480 e. The second-order valence-electron chi connectivity index (χ2n) is 4.69. The van der Waals surface area contributed by atoms with Crippen molar-refractivity contribution in [3.05, 3.63) is 0 Å². The van der Waals surface area contributed by atoms with Gasteiger partial charge in [-0.05, 0) is 26.2 Å². The Morgan fingerprint density at radius 2 is 1.84 bits per heavy atom.